The SMILES string of the molecule is CN(C)CC(=O)NC(CSC(c1ccccc1)(c1ccccc1)c1ccccc1)C(=O)O. The monoisotopic (exact) mass is 448 g/mol. The molecule has 2 N–H and O–H groups in total. The van der Waals surface area contributed by atoms with E-state index < -0.39 is 16.8 Å². The van der Waals surface area contributed by atoms with E-state index in [9.17, 15) is 14.7 Å². The topological polar surface area (TPSA) is 69.6 Å². The van der Waals surface area contributed by atoms with Crippen molar-refractivity contribution in [2.24, 2.45) is 0 Å². The number of benzene rings is 3. The molecule has 1 amide bonds. The molecule has 0 aliphatic rings. The number of carboxylic acid groups (broad SMARTS) is 1. The molecule has 0 saturated carbocycles. The van der Waals surface area contributed by atoms with E-state index in [4.69, 9.17) is 0 Å². The molecular weight excluding hydrogens is 420 g/mol. The maximum atomic E-state index is 12.3. The number of nitrogens with one attached hydrogen (secondary N) is 1. The fourth-order valence-corrected chi connectivity index (χ4v) is 5.23. The molecule has 0 saturated heterocycles. The smallest absolute Gasteiger partial charge is 0.327 e. The minimum atomic E-state index is -1.05. The maximum Gasteiger partial charge on any atom is 0.327 e. The van der Waals surface area contributed by atoms with Crippen LogP contribution in [0.2, 0.25) is 0 Å². The van der Waals surface area contributed by atoms with Crippen LogP contribution in [-0.2, 0) is 14.3 Å². The Kier molecular flexibility index (Phi) is 8.09. The summed E-state index contributed by atoms with van der Waals surface area (Å²) in [4.78, 5) is 26.0. The Balaban J connectivity index is 2.04. The van der Waals surface area contributed by atoms with E-state index in [-0.39, 0.29) is 18.2 Å². The van der Waals surface area contributed by atoms with Crippen molar-refractivity contribution in [2.75, 3.05) is 26.4 Å². The zero-order valence-corrected chi connectivity index (χ0v) is 19.1. The number of nitrogens with zero attached hydrogens (tertiary/aromatic N) is 1. The number of carbonyl (C=O) groups is 2. The molecule has 0 spiro atoms. The van der Waals surface area contributed by atoms with Gasteiger partial charge in [-0.3, -0.25) is 4.79 Å². The second-order valence-corrected chi connectivity index (χ2v) is 9.02. The highest BCUT2D eigenvalue weighted by molar-refractivity contribution is 8.00. The van der Waals surface area contributed by atoms with Crippen LogP contribution in [0.3, 0.4) is 0 Å². The van der Waals surface area contributed by atoms with Crippen molar-refractivity contribution < 1.29 is 14.7 Å². The lowest BCUT2D eigenvalue weighted by Gasteiger charge is -2.36. The van der Waals surface area contributed by atoms with Gasteiger partial charge in [0.05, 0.1) is 11.3 Å². The minimum Gasteiger partial charge on any atom is -0.480 e. The number of carbonyl (C=O) groups excluding carboxylic acids is 1. The number of rotatable bonds is 10. The van der Waals surface area contributed by atoms with Gasteiger partial charge in [-0.05, 0) is 30.8 Å². The number of likely N-dealkylation sites (N-methyl/N-ethyl adjacent to an activating group) is 1. The Morgan fingerprint density at radius 1 is 0.844 bits per heavy atom. The van der Waals surface area contributed by atoms with Gasteiger partial charge in [-0.25, -0.2) is 4.79 Å². The van der Waals surface area contributed by atoms with E-state index in [1.165, 1.54) is 11.8 Å². The third-order valence-electron chi connectivity index (χ3n) is 5.10. The van der Waals surface area contributed by atoms with Crippen molar-refractivity contribution >= 4 is 23.6 Å². The largest absolute Gasteiger partial charge is 0.480 e. The second kappa shape index (κ2) is 11.0. The molecule has 6 heteroatoms. The molecule has 1 atom stereocenters. The second-order valence-electron chi connectivity index (χ2n) is 7.79. The van der Waals surface area contributed by atoms with Crippen LogP contribution in [0.15, 0.2) is 91.0 Å². The van der Waals surface area contributed by atoms with Crippen molar-refractivity contribution in [3.8, 4) is 0 Å². The fourth-order valence-electron chi connectivity index (χ4n) is 3.68. The van der Waals surface area contributed by atoms with E-state index in [0.29, 0.717) is 0 Å². The molecule has 3 aromatic carbocycles. The summed E-state index contributed by atoms with van der Waals surface area (Å²) in [6, 6.07) is 29.2. The van der Waals surface area contributed by atoms with Crippen molar-refractivity contribution in [3.05, 3.63) is 108 Å². The first-order chi connectivity index (χ1) is 15.4. The van der Waals surface area contributed by atoms with Crippen LogP contribution < -0.4 is 5.32 Å². The minimum absolute atomic E-state index is 0.135. The van der Waals surface area contributed by atoms with Crippen molar-refractivity contribution in [1.29, 1.82) is 0 Å². The van der Waals surface area contributed by atoms with Gasteiger partial charge in [0.25, 0.3) is 0 Å². The quantitative estimate of drug-likeness (QED) is 0.461. The molecule has 5 nitrogen and oxygen atoms in total. The van der Waals surface area contributed by atoms with Crippen molar-refractivity contribution in [3.63, 3.8) is 0 Å². The van der Waals surface area contributed by atoms with Gasteiger partial charge in [0, 0.05) is 5.75 Å². The first-order valence-corrected chi connectivity index (χ1v) is 11.4. The van der Waals surface area contributed by atoms with Gasteiger partial charge >= 0.3 is 5.97 Å². The van der Waals surface area contributed by atoms with Crippen LogP contribution in [0.5, 0.6) is 0 Å². The molecule has 3 aromatic rings. The molecule has 0 aliphatic heterocycles. The summed E-state index contributed by atoms with van der Waals surface area (Å²) >= 11 is 1.52. The Hall–Kier alpha value is -3.09. The molecule has 0 heterocycles. The lowest BCUT2D eigenvalue weighted by Crippen LogP contribution is -2.46. The maximum absolute atomic E-state index is 12.3. The summed E-state index contributed by atoms with van der Waals surface area (Å²) in [5, 5.41) is 12.5. The normalized spacial score (nSPS) is 12.3. The summed E-state index contributed by atoms with van der Waals surface area (Å²) in [7, 11) is 3.55. The van der Waals surface area contributed by atoms with Crippen LogP contribution in [0.25, 0.3) is 0 Å². The highest BCUT2D eigenvalue weighted by Gasteiger charge is 2.38. The van der Waals surface area contributed by atoms with Gasteiger partial charge < -0.3 is 15.3 Å². The molecule has 32 heavy (non-hydrogen) atoms. The summed E-state index contributed by atoms with van der Waals surface area (Å²) in [6.07, 6.45) is 0. The number of thioether (sulfide) groups is 1. The number of hydrogen-bond acceptors (Lipinski definition) is 4. The first kappa shape index (κ1) is 23.6. The van der Waals surface area contributed by atoms with Gasteiger partial charge in [0.15, 0.2) is 0 Å². The third kappa shape index (κ3) is 5.58. The van der Waals surface area contributed by atoms with Crippen molar-refractivity contribution in [2.45, 2.75) is 10.8 Å². The lowest BCUT2D eigenvalue weighted by atomic mass is 9.84. The molecule has 3 rings (SSSR count). The fraction of sp³-hybridized carbons (Fsp3) is 0.231. The van der Waals surface area contributed by atoms with Gasteiger partial charge in [0.2, 0.25) is 5.91 Å². The zero-order valence-electron chi connectivity index (χ0n) is 18.3. The van der Waals surface area contributed by atoms with E-state index in [1.54, 1.807) is 19.0 Å². The van der Waals surface area contributed by atoms with E-state index in [0.717, 1.165) is 16.7 Å². The Bertz CT molecular complexity index is 914. The summed E-state index contributed by atoms with van der Waals surface area (Å²) in [5.41, 5.74) is 3.14. The van der Waals surface area contributed by atoms with Crippen LogP contribution in [0.1, 0.15) is 16.7 Å². The molecular formula is C26H28N2O3S. The molecule has 0 radical (unpaired) electrons. The van der Waals surface area contributed by atoms with Gasteiger partial charge in [-0.15, -0.1) is 11.8 Å². The van der Waals surface area contributed by atoms with E-state index in [2.05, 4.69) is 41.7 Å². The number of aliphatic carboxylic acids is 1. The van der Waals surface area contributed by atoms with Gasteiger partial charge in [-0.1, -0.05) is 91.0 Å². The van der Waals surface area contributed by atoms with Crippen LogP contribution in [-0.4, -0.2) is 54.3 Å². The zero-order chi connectivity index (χ0) is 23.0. The summed E-state index contributed by atoms with van der Waals surface area (Å²) < 4.78 is -0.635. The van der Waals surface area contributed by atoms with E-state index >= 15 is 0 Å². The van der Waals surface area contributed by atoms with Crippen molar-refractivity contribution in [1.82, 2.24) is 10.2 Å². The Morgan fingerprint density at radius 3 is 1.59 bits per heavy atom. The molecule has 0 fully saturated rings. The van der Waals surface area contributed by atoms with Crippen LogP contribution in [0, 0.1) is 0 Å². The summed E-state index contributed by atoms with van der Waals surface area (Å²) in [5.74, 6) is -1.16. The number of carboxylic acids is 1. The van der Waals surface area contributed by atoms with E-state index in [1.807, 2.05) is 54.6 Å². The lowest BCUT2D eigenvalue weighted by molar-refractivity contribution is -0.141. The number of hydrogen-bond donors (Lipinski definition) is 2. The first-order valence-electron chi connectivity index (χ1n) is 10.4. The predicted octanol–water partition coefficient (Wildman–Crippen LogP) is 3.84. The average molecular weight is 449 g/mol. The number of amides is 1. The highest BCUT2D eigenvalue weighted by Crippen LogP contribution is 2.48. The molecule has 1 unspecified atom stereocenters. The Morgan fingerprint density at radius 2 is 1.25 bits per heavy atom. The van der Waals surface area contributed by atoms with Crippen LogP contribution in [0.4, 0.5) is 0 Å². The predicted molar refractivity (Wildman–Crippen MR) is 130 cm³/mol. The summed E-state index contributed by atoms with van der Waals surface area (Å²) in [6.45, 7) is 0.135. The highest BCUT2D eigenvalue weighted by atomic mass is 32.2. The Labute approximate surface area is 193 Å². The van der Waals surface area contributed by atoms with Gasteiger partial charge in [0.1, 0.15) is 6.04 Å². The molecule has 0 aliphatic carbocycles. The average Bonchev–Trinajstić information content (AvgIpc) is 2.80. The van der Waals surface area contributed by atoms with Gasteiger partial charge in [-0.2, -0.15) is 0 Å². The molecule has 0 bridgehead atoms. The molecule has 0 aromatic heterocycles. The standard InChI is InChI=1S/C26H28N2O3S/c1-28(2)18-24(29)27-23(25(30)31)19-32-26(20-12-6-3-7-13-20,21-14-8-4-9-15-21)22-16-10-5-11-17-22/h3-17,23H,18-19H2,1-2H3,(H,27,29)(H,30,31). The third-order valence-corrected chi connectivity index (χ3v) is 6.74. The van der Waals surface area contributed by atoms with Crippen LogP contribution >= 0.6 is 11.8 Å². The molecule has 166 valence electrons.